The van der Waals surface area contributed by atoms with Crippen molar-refractivity contribution in [3.05, 3.63) is 28.6 Å². The third-order valence-corrected chi connectivity index (χ3v) is 1.07. The molecule has 0 aliphatic heterocycles. The maximum atomic E-state index is 8.06. The minimum Gasteiger partial charge on any atom is -0.481 e. The maximum absolute atomic E-state index is 8.06. The van der Waals surface area contributed by atoms with Crippen LogP contribution in [0.25, 0.3) is 10.4 Å². The van der Waals surface area contributed by atoms with Crippen LogP contribution in [0.3, 0.4) is 0 Å². The van der Waals surface area contributed by atoms with Gasteiger partial charge in [0.25, 0.3) is 0 Å². The van der Waals surface area contributed by atoms with E-state index in [4.69, 9.17) is 10.3 Å². The molecule has 0 N–H and O–H groups in total. The van der Waals surface area contributed by atoms with Crippen LogP contribution in [-0.4, -0.2) is 12.1 Å². The first-order chi connectivity index (χ1) is 5.36. The van der Waals surface area contributed by atoms with E-state index in [1.165, 1.54) is 7.11 Å². The van der Waals surface area contributed by atoms with E-state index in [2.05, 4.69) is 15.0 Å². The summed E-state index contributed by atoms with van der Waals surface area (Å²) in [6.45, 7) is 0. The molecule has 1 heterocycles. The Bertz CT molecular complexity index is 292. The summed E-state index contributed by atoms with van der Waals surface area (Å²) in [5.74, 6) is 0.752. The van der Waals surface area contributed by atoms with Gasteiger partial charge in [-0.25, -0.2) is 4.98 Å². The Labute approximate surface area is 63.3 Å². The van der Waals surface area contributed by atoms with Crippen LogP contribution in [0.1, 0.15) is 0 Å². The SMILES string of the molecule is COc1cccc(N=[N+]=[N-])n1. The highest BCUT2D eigenvalue weighted by atomic mass is 16.5. The van der Waals surface area contributed by atoms with Crippen molar-refractivity contribution in [3.8, 4) is 5.88 Å². The van der Waals surface area contributed by atoms with Crippen LogP contribution in [0.4, 0.5) is 5.82 Å². The lowest BCUT2D eigenvalue weighted by Gasteiger charge is -1.96. The highest BCUT2D eigenvalue weighted by Crippen LogP contribution is 2.12. The fourth-order valence-corrected chi connectivity index (χ4v) is 0.619. The van der Waals surface area contributed by atoms with Gasteiger partial charge in [-0.1, -0.05) is 6.07 Å². The first kappa shape index (κ1) is 7.37. The second kappa shape index (κ2) is 3.43. The zero-order valence-electron chi connectivity index (χ0n) is 5.93. The van der Waals surface area contributed by atoms with Crippen LogP contribution >= 0.6 is 0 Å². The summed E-state index contributed by atoms with van der Waals surface area (Å²) in [7, 11) is 1.50. The van der Waals surface area contributed by atoms with Gasteiger partial charge in [0.15, 0.2) is 0 Å². The van der Waals surface area contributed by atoms with Crippen molar-refractivity contribution in [3.63, 3.8) is 0 Å². The van der Waals surface area contributed by atoms with E-state index in [0.29, 0.717) is 11.7 Å². The van der Waals surface area contributed by atoms with Crippen molar-refractivity contribution in [2.75, 3.05) is 7.11 Å². The zero-order valence-corrected chi connectivity index (χ0v) is 5.93. The van der Waals surface area contributed by atoms with Gasteiger partial charge in [-0.15, -0.1) is 0 Å². The molecule has 0 amide bonds. The van der Waals surface area contributed by atoms with E-state index in [9.17, 15) is 0 Å². The molecule has 0 unspecified atom stereocenters. The fourth-order valence-electron chi connectivity index (χ4n) is 0.619. The smallest absolute Gasteiger partial charge is 0.213 e. The fraction of sp³-hybridized carbons (Fsp3) is 0.167. The summed E-state index contributed by atoms with van der Waals surface area (Å²) >= 11 is 0. The molecule has 0 atom stereocenters. The number of ether oxygens (including phenoxy) is 1. The van der Waals surface area contributed by atoms with Crippen LogP contribution in [0.2, 0.25) is 0 Å². The van der Waals surface area contributed by atoms with Gasteiger partial charge in [-0.05, 0) is 16.7 Å². The van der Waals surface area contributed by atoms with Crippen molar-refractivity contribution in [2.45, 2.75) is 0 Å². The van der Waals surface area contributed by atoms with E-state index >= 15 is 0 Å². The maximum Gasteiger partial charge on any atom is 0.213 e. The third-order valence-electron chi connectivity index (χ3n) is 1.07. The monoisotopic (exact) mass is 150 g/mol. The Hall–Kier alpha value is -1.74. The van der Waals surface area contributed by atoms with E-state index in [1.54, 1.807) is 18.2 Å². The Kier molecular flexibility index (Phi) is 2.30. The van der Waals surface area contributed by atoms with Gasteiger partial charge in [0, 0.05) is 11.0 Å². The number of pyridine rings is 1. The molecule has 5 heteroatoms. The van der Waals surface area contributed by atoms with E-state index in [0.717, 1.165) is 0 Å². The summed E-state index contributed by atoms with van der Waals surface area (Å²) in [4.78, 5) is 6.43. The number of rotatable bonds is 2. The van der Waals surface area contributed by atoms with Gasteiger partial charge in [0.2, 0.25) is 5.88 Å². The van der Waals surface area contributed by atoms with Gasteiger partial charge in [0.1, 0.15) is 5.82 Å². The van der Waals surface area contributed by atoms with Gasteiger partial charge in [0.05, 0.1) is 7.11 Å². The number of azide groups is 1. The average molecular weight is 150 g/mol. The van der Waals surface area contributed by atoms with Crippen molar-refractivity contribution < 1.29 is 4.74 Å². The van der Waals surface area contributed by atoms with Gasteiger partial charge in [-0.2, -0.15) is 0 Å². The van der Waals surface area contributed by atoms with Crippen LogP contribution in [0.15, 0.2) is 23.3 Å². The van der Waals surface area contributed by atoms with Crippen LogP contribution < -0.4 is 4.74 Å². The second-order valence-corrected chi connectivity index (χ2v) is 1.73. The van der Waals surface area contributed by atoms with E-state index < -0.39 is 0 Å². The number of hydrogen-bond acceptors (Lipinski definition) is 3. The minimum absolute atomic E-state index is 0.312. The Morgan fingerprint density at radius 3 is 3.09 bits per heavy atom. The highest BCUT2D eigenvalue weighted by molar-refractivity contribution is 5.30. The number of hydrogen-bond donors (Lipinski definition) is 0. The summed E-state index contributed by atoms with van der Waals surface area (Å²) in [6, 6.07) is 4.98. The van der Waals surface area contributed by atoms with E-state index in [-0.39, 0.29) is 0 Å². The molecule has 11 heavy (non-hydrogen) atoms. The Balaban J connectivity index is 3.00. The molecule has 1 aromatic heterocycles. The molecule has 0 saturated carbocycles. The molecule has 0 aliphatic rings. The van der Waals surface area contributed by atoms with Gasteiger partial charge >= 0.3 is 0 Å². The first-order valence-electron chi connectivity index (χ1n) is 2.93. The molecule has 1 aromatic rings. The van der Waals surface area contributed by atoms with Gasteiger partial charge in [-0.3, -0.25) is 0 Å². The lowest BCUT2D eigenvalue weighted by Crippen LogP contribution is -1.84. The molecular formula is C6H6N4O. The number of nitrogens with zero attached hydrogens (tertiary/aromatic N) is 4. The quantitative estimate of drug-likeness (QED) is 0.367. The van der Waals surface area contributed by atoms with Crippen molar-refractivity contribution in [1.29, 1.82) is 0 Å². The third kappa shape index (κ3) is 1.84. The lowest BCUT2D eigenvalue weighted by atomic mass is 10.4. The largest absolute Gasteiger partial charge is 0.481 e. The molecular weight excluding hydrogens is 144 g/mol. The van der Waals surface area contributed by atoms with Crippen LogP contribution in [-0.2, 0) is 0 Å². The summed E-state index contributed by atoms with van der Waals surface area (Å²) in [5.41, 5.74) is 8.06. The zero-order chi connectivity index (χ0) is 8.10. The predicted molar refractivity (Wildman–Crippen MR) is 39.6 cm³/mol. The van der Waals surface area contributed by atoms with Crippen LogP contribution in [0.5, 0.6) is 5.88 Å². The number of methoxy groups -OCH3 is 1. The van der Waals surface area contributed by atoms with Crippen molar-refractivity contribution in [1.82, 2.24) is 4.98 Å². The summed E-state index contributed by atoms with van der Waals surface area (Å²) in [5, 5.41) is 3.30. The number of aromatic nitrogens is 1. The standard InChI is InChI=1S/C6H6N4O/c1-11-6-4-2-3-5(8-6)9-10-7/h2-4H,1H3. The molecule has 0 bridgehead atoms. The lowest BCUT2D eigenvalue weighted by molar-refractivity contribution is 0.398. The molecule has 0 spiro atoms. The molecule has 0 fully saturated rings. The van der Waals surface area contributed by atoms with Crippen molar-refractivity contribution >= 4 is 5.82 Å². The van der Waals surface area contributed by atoms with E-state index in [1.807, 2.05) is 0 Å². The van der Waals surface area contributed by atoms with Crippen LogP contribution in [0, 0.1) is 0 Å². The minimum atomic E-state index is 0.312. The molecule has 5 nitrogen and oxygen atoms in total. The van der Waals surface area contributed by atoms with Gasteiger partial charge < -0.3 is 4.74 Å². The summed E-state index contributed by atoms with van der Waals surface area (Å²) < 4.78 is 4.81. The predicted octanol–water partition coefficient (Wildman–Crippen LogP) is 2.03. The molecule has 0 saturated heterocycles. The molecule has 0 aliphatic carbocycles. The first-order valence-corrected chi connectivity index (χ1v) is 2.93. The Morgan fingerprint density at radius 2 is 2.45 bits per heavy atom. The summed E-state index contributed by atoms with van der Waals surface area (Å²) in [6.07, 6.45) is 0. The molecule has 0 aromatic carbocycles. The second-order valence-electron chi connectivity index (χ2n) is 1.73. The highest BCUT2D eigenvalue weighted by Gasteiger charge is 1.92. The van der Waals surface area contributed by atoms with Crippen molar-refractivity contribution in [2.24, 2.45) is 5.11 Å². The average Bonchev–Trinajstić information content (AvgIpc) is 2.06. The molecule has 1 rings (SSSR count). The Morgan fingerprint density at radius 1 is 1.64 bits per heavy atom. The topological polar surface area (TPSA) is 70.9 Å². The normalized spacial score (nSPS) is 8.45. The molecule has 56 valence electrons. The molecule has 0 radical (unpaired) electrons.